The minimum absolute atomic E-state index is 0.0560. The smallest absolute Gasteiger partial charge is 0.338 e. The van der Waals surface area contributed by atoms with Crippen LogP contribution < -0.4 is 5.32 Å². The zero-order valence-corrected chi connectivity index (χ0v) is 22.7. The zero-order valence-electron chi connectivity index (χ0n) is 21.1. The van der Waals surface area contributed by atoms with Crippen molar-refractivity contribution in [3.8, 4) is 0 Å². The van der Waals surface area contributed by atoms with E-state index in [0.717, 1.165) is 25.7 Å². The maximum atomic E-state index is 13.0. The molecule has 0 spiro atoms. The van der Waals surface area contributed by atoms with Crippen molar-refractivity contribution in [1.82, 2.24) is 8.61 Å². The van der Waals surface area contributed by atoms with Crippen LogP contribution in [0.2, 0.25) is 0 Å². The van der Waals surface area contributed by atoms with E-state index in [9.17, 15) is 26.4 Å². The van der Waals surface area contributed by atoms with E-state index in [1.807, 2.05) is 0 Å². The highest BCUT2D eigenvalue weighted by molar-refractivity contribution is 7.89. The molecule has 0 saturated carbocycles. The molecule has 1 heterocycles. The molecule has 1 aliphatic rings. The summed E-state index contributed by atoms with van der Waals surface area (Å²) in [7, 11) is -7.33. The average molecular weight is 552 g/mol. The number of rotatable bonds is 10. The molecule has 1 N–H and O–H groups in total. The lowest BCUT2D eigenvalue weighted by Crippen LogP contribution is -2.32. The number of anilines is 1. The molecule has 2 aromatic carbocycles. The van der Waals surface area contributed by atoms with E-state index in [1.165, 1.54) is 45.0 Å². The summed E-state index contributed by atoms with van der Waals surface area (Å²) in [5.74, 6) is -1.43. The van der Waals surface area contributed by atoms with Crippen LogP contribution in [-0.4, -0.2) is 70.1 Å². The Labute approximate surface area is 218 Å². The Hall–Kier alpha value is -2.80. The van der Waals surface area contributed by atoms with E-state index < -0.39 is 38.5 Å². The molecule has 2 aromatic rings. The topological polar surface area (TPSA) is 130 Å². The Morgan fingerprint density at radius 3 is 2.11 bits per heavy atom. The predicted octanol–water partition coefficient (Wildman–Crippen LogP) is 3.08. The molecule has 0 aliphatic carbocycles. The first-order valence-corrected chi connectivity index (χ1v) is 15.1. The number of nitrogens with one attached hydrogen (secondary N) is 1. The summed E-state index contributed by atoms with van der Waals surface area (Å²) >= 11 is 0. The van der Waals surface area contributed by atoms with Gasteiger partial charge in [0, 0.05) is 31.9 Å². The minimum atomic E-state index is -3.68. The van der Waals surface area contributed by atoms with Gasteiger partial charge in [-0.1, -0.05) is 32.8 Å². The van der Waals surface area contributed by atoms with Crippen LogP contribution in [0.3, 0.4) is 0 Å². The molecule has 1 fully saturated rings. The van der Waals surface area contributed by atoms with Crippen molar-refractivity contribution in [2.24, 2.45) is 0 Å². The first-order chi connectivity index (χ1) is 17.6. The van der Waals surface area contributed by atoms with Crippen LogP contribution in [0.15, 0.2) is 58.3 Å². The van der Waals surface area contributed by atoms with Gasteiger partial charge in [0.1, 0.15) is 0 Å². The van der Waals surface area contributed by atoms with Crippen LogP contribution in [0.4, 0.5) is 5.69 Å². The van der Waals surface area contributed by atoms with Crippen molar-refractivity contribution in [2.75, 3.05) is 38.1 Å². The normalized spacial score (nSPS) is 15.2. The monoisotopic (exact) mass is 551 g/mol. The van der Waals surface area contributed by atoms with E-state index in [0.29, 0.717) is 26.2 Å². The largest absolute Gasteiger partial charge is 0.452 e. The van der Waals surface area contributed by atoms with Crippen molar-refractivity contribution in [1.29, 1.82) is 0 Å². The average Bonchev–Trinajstić information content (AvgIpc) is 3.18. The number of benzene rings is 2. The minimum Gasteiger partial charge on any atom is -0.452 e. The summed E-state index contributed by atoms with van der Waals surface area (Å²) in [5, 5.41) is 2.55. The molecule has 0 unspecified atom stereocenters. The molecule has 0 aromatic heterocycles. The first-order valence-electron chi connectivity index (χ1n) is 12.3. The third kappa shape index (κ3) is 7.16. The second-order valence-electron chi connectivity index (χ2n) is 8.58. The van der Waals surface area contributed by atoms with Crippen molar-refractivity contribution in [2.45, 2.75) is 49.3 Å². The lowest BCUT2D eigenvalue weighted by atomic mass is 10.2. The summed E-state index contributed by atoms with van der Waals surface area (Å²) in [6, 6.07) is 11.3. The highest BCUT2D eigenvalue weighted by Crippen LogP contribution is 2.23. The summed E-state index contributed by atoms with van der Waals surface area (Å²) in [6.45, 7) is 4.47. The van der Waals surface area contributed by atoms with Crippen molar-refractivity contribution in [3.05, 3.63) is 54.1 Å². The van der Waals surface area contributed by atoms with Crippen molar-refractivity contribution in [3.63, 3.8) is 0 Å². The van der Waals surface area contributed by atoms with E-state index >= 15 is 0 Å². The lowest BCUT2D eigenvalue weighted by Gasteiger charge is -2.20. The molecule has 12 heteroatoms. The maximum absolute atomic E-state index is 13.0. The second-order valence-corrected chi connectivity index (χ2v) is 12.5. The lowest BCUT2D eigenvalue weighted by molar-refractivity contribution is -0.119. The van der Waals surface area contributed by atoms with E-state index in [4.69, 9.17) is 4.74 Å². The number of carbonyl (C=O) groups excluding carboxylic acids is 2. The van der Waals surface area contributed by atoms with E-state index in [-0.39, 0.29) is 21.0 Å². The van der Waals surface area contributed by atoms with E-state index in [1.54, 1.807) is 26.0 Å². The number of ether oxygens (including phenoxy) is 1. The Kier molecular flexibility index (Phi) is 9.82. The second kappa shape index (κ2) is 12.6. The molecule has 0 bridgehead atoms. The molecule has 1 saturated heterocycles. The number of hydrogen-bond acceptors (Lipinski definition) is 7. The Balaban J connectivity index is 1.59. The molecule has 202 valence electrons. The highest BCUT2D eigenvalue weighted by atomic mass is 32.2. The van der Waals surface area contributed by atoms with Gasteiger partial charge in [0.2, 0.25) is 20.0 Å². The van der Waals surface area contributed by atoms with Gasteiger partial charge in [0.15, 0.2) is 6.61 Å². The SMILES string of the molecule is CCN(CC)S(=O)(=O)c1ccc(C(=O)OCC(=O)Nc2cccc(S(=O)(=O)N3CCCCCC3)c2)cc1. The molecular weight excluding hydrogens is 518 g/mol. The van der Waals surface area contributed by atoms with Gasteiger partial charge in [-0.15, -0.1) is 0 Å². The van der Waals surface area contributed by atoms with Gasteiger partial charge in [0.25, 0.3) is 5.91 Å². The van der Waals surface area contributed by atoms with Crippen molar-refractivity contribution >= 4 is 37.6 Å². The van der Waals surface area contributed by atoms with Gasteiger partial charge in [-0.3, -0.25) is 4.79 Å². The van der Waals surface area contributed by atoms with Crippen LogP contribution in [0.5, 0.6) is 0 Å². The van der Waals surface area contributed by atoms with Gasteiger partial charge >= 0.3 is 5.97 Å². The standard InChI is InChI=1S/C25H33N3O7S2/c1-3-27(4-2)36(31,32)22-14-12-20(13-15-22)25(30)35-19-24(29)26-21-10-9-11-23(18-21)37(33,34)28-16-7-5-6-8-17-28/h9-15,18H,3-8,16-17,19H2,1-2H3,(H,26,29). The first kappa shape index (κ1) is 28.8. The fraction of sp³-hybridized carbons (Fsp3) is 0.440. The van der Waals surface area contributed by atoms with Crippen LogP contribution >= 0.6 is 0 Å². The summed E-state index contributed by atoms with van der Waals surface area (Å²) < 4.78 is 59.0. The van der Waals surface area contributed by atoms with Crippen LogP contribution in [0, 0.1) is 0 Å². The predicted molar refractivity (Wildman–Crippen MR) is 139 cm³/mol. The molecule has 0 atom stereocenters. The zero-order chi connectivity index (χ0) is 27.1. The van der Waals surface area contributed by atoms with Gasteiger partial charge < -0.3 is 10.1 Å². The number of sulfonamides is 2. The van der Waals surface area contributed by atoms with Crippen molar-refractivity contribution < 1.29 is 31.2 Å². The quantitative estimate of drug-likeness (QED) is 0.449. The van der Waals surface area contributed by atoms with Gasteiger partial charge in [0.05, 0.1) is 15.4 Å². The molecule has 0 radical (unpaired) electrons. The summed E-state index contributed by atoms with van der Waals surface area (Å²) in [5.41, 5.74) is 0.361. The van der Waals surface area contributed by atoms with Gasteiger partial charge in [-0.05, 0) is 55.3 Å². The van der Waals surface area contributed by atoms with Gasteiger partial charge in [-0.2, -0.15) is 8.61 Å². The van der Waals surface area contributed by atoms with Crippen LogP contribution in [-0.2, 0) is 29.6 Å². The maximum Gasteiger partial charge on any atom is 0.338 e. The van der Waals surface area contributed by atoms with Crippen LogP contribution in [0.1, 0.15) is 49.9 Å². The molecule has 3 rings (SSSR count). The van der Waals surface area contributed by atoms with Gasteiger partial charge in [-0.25, -0.2) is 21.6 Å². The Morgan fingerprint density at radius 2 is 1.51 bits per heavy atom. The Morgan fingerprint density at radius 1 is 0.892 bits per heavy atom. The fourth-order valence-electron chi connectivity index (χ4n) is 4.05. The number of nitrogens with zero attached hydrogens (tertiary/aromatic N) is 2. The number of amides is 1. The molecule has 10 nitrogen and oxygen atoms in total. The highest BCUT2D eigenvalue weighted by Gasteiger charge is 2.26. The molecular formula is C25H33N3O7S2. The Bertz CT molecular complexity index is 1300. The van der Waals surface area contributed by atoms with Crippen LogP contribution in [0.25, 0.3) is 0 Å². The number of esters is 1. The third-order valence-electron chi connectivity index (χ3n) is 6.09. The summed E-state index contributed by atoms with van der Waals surface area (Å²) in [6.07, 6.45) is 3.63. The molecule has 1 aliphatic heterocycles. The summed E-state index contributed by atoms with van der Waals surface area (Å²) in [4.78, 5) is 24.8. The number of carbonyl (C=O) groups is 2. The van der Waals surface area contributed by atoms with E-state index in [2.05, 4.69) is 5.32 Å². The molecule has 1 amide bonds. The molecule has 37 heavy (non-hydrogen) atoms. The fourth-order valence-corrected chi connectivity index (χ4v) is 7.07. The number of hydrogen-bond donors (Lipinski definition) is 1. The third-order valence-corrected chi connectivity index (χ3v) is 10.0.